The number of aromatic hydroxyl groups is 1. The Morgan fingerprint density at radius 1 is 1.00 bits per heavy atom. The molecule has 0 radical (unpaired) electrons. The fourth-order valence-corrected chi connectivity index (χ4v) is 3.56. The van der Waals surface area contributed by atoms with Crippen molar-refractivity contribution < 1.29 is 19.4 Å². The number of carbonyl (C=O) groups is 1. The Kier molecular flexibility index (Phi) is 12.1. The highest BCUT2D eigenvalue weighted by Gasteiger charge is 2.35. The molecule has 0 aliphatic heterocycles. The highest BCUT2D eigenvalue weighted by molar-refractivity contribution is 5.87. The van der Waals surface area contributed by atoms with Gasteiger partial charge in [0.1, 0.15) is 22.7 Å². The molecule has 0 atom stereocenters. The summed E-state index contributed by atoms with van der Waals surface area (Å²) in [5, 5.41) is 9.04. The zero-order valence-electron chi connectivity index (χ0n) is 22.1. The third-order valence-corrected chi connectivity index (χ3v) is 5.53. The van der Waals surface area contributed by atoms with Crippen LogP contribution in [-0.2, 0) is 9.53 Å². The second-order valence-electron chi connectivity index (χ2n) is 9.63. The summed E-state index contributed by atoms with van der Waals surface area (Å²) in [5.41, 5.74) is 1.99. The van der Waals surface area contributed by atoms with E-state index in [0.717, 1.165) is 36.1 Å². The Morgan fingerprint density at radius 2 is 1.51 bits per heavy atom. The van der Waals surface area contributed by atoms with Crippen LogP contribution in [0.3, 0.4) is 0 Å². The average molecular weight is 479 g/mol. The molecule has 35 heavy (non-hydrogen) atoms. The molecule has 4 heteroatoms. The molecule has 1 aliphatic rings. The zero-order chi connectivity index (χ0) is 26.5. The standard InChI is InChI=1S/C12H16O.C11H18O2.C8H8O/c1-5-10-8-6-7-9-11(10)13-12(2,3)4;1-4-11(7-5-6-8-11)13-10(12)9(2)3;1-2-7-5-3-4-6-8(7)9/h5-9H,1H2,2-4H3;2,4-8H2,1,3H3;2-6,9H,1H2. The molecule has 2 aromatic rings. The quantitative estimate of drug-likeness (QED) is 0.335. The smallest absolute Gasteiger partial charge is 0.333 e. The van der Waals surface area contributed by atoms with Crippen molar-refractivity contribution in [1.82, 2.24) is 0 Å². The summed E-state index contributed by atoms with van der Waals surface area (Å²) in [7, 11) is 0. The summed E-state index contributed by atoms with van der Waals surface area (Å²) < 4.78 is 11.2. The Balaban J connectivity index is 0.000000267. The maximum atomic E-state index is 11.3. The Bertz CT molecular complexity index is 975. The van der Waals surface area contributed by atoms with E-state index in [1.54, 1.807) is 31.2 Å². The van der Waals surface area contributed by atoms with E-state index >= 15 is 0 Å². The van der Waals surface area contributed by atoms with Gasteiger partial charge < -0.3 is 14.6 Å². The van der Waals surface area contributed by atoms with Crippen LogP contribution in [0.15, 0.2) is 73.8 Å². The monoisotopic (exact) mass is 478 g/mol. The van der Waals surface area contributed by atoms with Crippen LogP contribution in [0.5, 0.6) is 11.5 Å². The van der Waals surface area contributed by atoms with E-state index in [-0.39, 0.29) is 22.9 Å². The Labute approximate surface area is 212 Å². The molecule has 1 fully saturated rings. The number of rotatable bonds is 6. The average Bonchev–Trinajstić information content (AvgIpc) is 3.28. The van der Waals surface area contributed by atoms with Crippen LogP contribution in [0.25, 0.3) is 12.2 Å². The highest BCUT2D eigenvalue weighted by atomic mass is 16.6. The highest BCUT2D eigenvalue weighted by Crippen LogP contribution is 2.36. The molecule has 2 aromatic carbocycles. The van der Waals surface area contributed by atoms with E-state index in [9.17, 15) is 4.79 Å². The normalized spacial score (nSPS) is 13.7. The number of ether oxygens (including phenoxy) is 2. The third-order valence-electron chi connectivity index (χ3n) is 5.53. The fraction of sp³-hybridized carbons (Fsp3) is 0.387. The first-order chi connectivity index (χ1) is 16.5. The molecule has 1 N–H and O–H groups in total. The van der Waals surface area contributed by atoms with Gasteiger partial charge in [-0.2, -0.15) is 0 Å². The number of phenolic OH excluding ortho intramolecular Hbond substituents is 1. The van der Waals surface area contributed by atoms with Crippen LogP contribution in [0, 0.1) is 0 Å². The molecule has 0 bridgehead atoms. The van der Waals surface area contributed by atoms with E-state index in [4.69, 9.17) is 14.6 Å². The van der Waals surface area contributed by atoms with Gasteiger partial charge in [0.15, 0.2) is 0 Å². The predicted octanol–water partition coefficient (Wildman–Crippen LogP) is 8.37. The first kappa shape index (κ1) is 29.8. The van der Waals surface area contributed by atoms with E-state index in [2.05, 4.69) is 26.7 Å². The molecule has 0 spiro atoms. The topological polar surface area (TPSA) is 55.8 Å². The number of benzene rings is 2. The van der Waals surface area contributed by atoms with E-state index in [0.29, 0.717) is 5.57 Å². The molecule has 0 amide bonds. The van der Waals surface area contributed by atoms with Crippen molar-refractivity contribution in [2.75, 3.05) is 0 Å². The number of phenols is 1. The van der Waals surface area contributed by atoms with Gasteiger partial charge in [-0.15, -0.1) is 0 Å². The molecule has 4 nitrogen and oxygen atoms in total. The molecule has 3 rings (SSSR count). The SMILES string of the molecule is C=C(C)C(=O)OC1(CC)CCCC1.C=Cc1ccccc1O.C=Cc1ccccc1OC(C)(C)C. The minimum Gasteiger partial charge on any atom is -0.507 e. The second-order valence-corrected chi connectivity index (χ2v) is 9.63. The molecule has 0 aromatic heterocycles. The lowest BCUT2D eigenvalue weighted by molar-refractivity contribution is -0.154. The van der Waals surface area contributed by atoms with Crippen LogP contribution < -0.4 is 4.74 Å². The predicted molar refractivity (Wildman–Crippen MR) is 148 cm³/mol. The van der Waals surface area contributed by atoms with Gasteiger partial charge in [0, 0.05) is 16.7 Å². The number of hydrogen-bond acceptors (Lipinski definition) is 4. The van der Waals surface area contributed by atoms with Gasteiger partial charge in [-0.25, -0.2) is 4.79 Å². The third kappa shape index (κ3) is 10.7. The number of carbonyl (C=O) groups excluding carboxylic acids is 1. The van der Waals surface area contributed by atoms with E-state index in [1.807, 2.05) is 57.2 Å². The first-order valence-corrected chi connectivity index (χ1v) is 12.2. The summed E-state index contributed by atoms with van der Waals surface area (Å²) in [5.74, 6) is 0.946. The van der Waals surface area contributed by atoms with Crippen molar-refractivity contribution in [3.63, 3.8) is 0 Å². The number of esters is 1. The molecule has 0 heterocycles. The van der Waals surface area contributed by atoms with E-state index < -0.39 is 0 Å². The largest absolute Gasteiger partial charge is 0.507 e. The van der Waals surface area contributed by atoms with Crippen molar-refractivity contribution in [3.05, 3.63) is 85.0 Å². The van der Waals surface area contributed by atoms with Gasteiger partial charge >= 0.3 is 5.97 Å². The summed E-state index contributed by atoms with van der Waals surface area (Å²) in [4.78, 5) is 11.3. The molecular weight excluding hydrogens is 436 g/mol. The maximum absolute atomic E-state index is 11.3. The second kappa shape index (κ2) is 14.2. The fourth-order valence-electron chi connectivity index (χ4n) is 3.56. The molecule has 0 unspecified atom stereocenters. The zero-order valence-corrected chi connectivity index (χ0v) is 22.1. The van der Waals surface area contributed by atoms with Crippen LogP contribution >= 0.6 is 0 Å². The van der Waals surface area contributed by atoms with Crippen LogP contribution in [0.2, 0.25) is 0 Å². The Hall–Kier alpha value is -3.27. The van der Waals surface area contributed by atoms with Gasteiger partial charge in [-0.05, 0) is 71.9 Å². The number of hydrogen-bond donors (Lipinski definition) is 1. The molecule has 1 aliphatic carbocycles. The van der Waals surface area contributed by atoms with Crippen molar-refractivity contribution in [1.29, 1.82) is 0 Å². The van der Waals surface area contributed by atoms with Crippen LogP contribution in [-0.4, -0.2) is 22.3 Å². The number of para-hydroxylation sites is 2. The van der Waals surface area contributed by atoms with Gasteiger partial charge in [-0.1, -0.05) is 75.2 Å². The maximum Gasteiger partial charge on any atom is 0.333 e. The summed E-state index contributed by atoms with van der Waals surface area (Å²) >= 11 is 0. The van der Waals surface area contributed by atoms with Gasteiger partial charge in [-0.3, -0.25) is 0 Å². The van der Waals surface area contributed by atoms with Crippen molar-refractivity contribution in [2.45, 2.75) is 77.9 Å². The minimum atomic E-state index is -0.233. The lowest BCUT2D eigenvalue weighted by Crippen LogP contribution is -2.31. The molecule has 1 saturated carbocycles. The first-order valence-electron chi connectivity index (χ1n) is 12.2. The van der Waals surface area contributed by atoms with Gasteiger partial charge in [0.25, 0.3) is 0 Å². The van der Waals surface area contributed by atoms with Gasteiger partial charge in [0.2, 0.25) is 0 Å². The Morgan fingerprint density at radius 3 is 1.94 bits per heavy atom. The van der Waals surface area contributed by atoms with Crippen molar-refractivity contribution in [3.8, 4) is 11.5 Å². The molecule has 190 valence electrons. The lowest BCUT2D eigenvalue weighted by atomic mass is 9.99. The summed E-state index contributed by atoms with van der Waals surface area (Å²) in [6, 6.07) is 15.0. The van der Waals surface area contributed by atoms with Crippen LogP contribution in [0.1, 0.15) is 77.8 Å². The van der Waals surface area contributed by atoms with Crippen LogP contribution in [0.4, 0.5) is 0 Å². The minimum absolute atomic E-state index is 0.154. The van der Waals surface area contributed by atoms with E-state index in [1.165, 1.54) is 12.8 Å². The summed E-state index contributed by atoms with van der Waals surface area (Å²) in [6.07, 6.45) is 8.74. The van der Waals surface area contributed by atoms with Crippen molar-refractivity contribution >= 4 is 18.1 Å². The summed E-state index contributed by atoms with van der Waals surface area (Å²) in [6.45, 7) is 20.7. The molecular formula is C31H42O4. The molecule has 0 saturated heterocycles. The lowest BCUT2D eigenvalue weighted by Gasteiger charge is -2.27. The van der Waals surface area contributed by atoms with Crippen molar-refractivity contribution in [2.24, 2.45) is 0 Å². The van der Waals surface area contributed by atoms with Gasteiger partial charge in [0.05, 0.1) is 0 Å².